The van der Waals surface area contributed by atoms with Gasteiger partial charge in [0.2, 0.25) is 0 Å². The average molecular weight is 460 g/mol. The molecule has 0 saturated heterocycles. The maximum Gasteiger partial charge on any atom is 0.262 e. The molecule has 2 N–H and O–H groups in total. The van der Waals surface area contributed by atoms with Crippen LogP contribution in [0.25, 0.3) is 6.08 Å². The van der Waals surface area contributed by atoms with Crippen LogP contribution in [0.2, 0.25) is 5.02 Å². The SMILES string of the molecule is C[C@H](NC(=O)/C(C#N)=C/c1ccc(OCC(=O)Nc2cccc(Cl)c2)cc1)c1ccccc1. The number of benzene rings is 3. The van der Waals surface area contributed by atoms with Gasteiger partial charge in [-0.3, -0.25) is 9.59 Å². The number of anilines is 1. The van der Waals surface area contributed by atoms with Gasteiger partial charge in [-0.05, 0) is 54.5 Å². The van der Waals surface area contributed by atoms with Crippen LogP contribution in [0.1, 0.15) is 24.1 Å². The third-order valence-corrected chi connectivity index (χ3v) is 4.92. The van der Waals surface area contributed by atoms with Crippen molar-refractivity contribution in [3.63, 3.8) is 0 Å². The van der Waals surface area contributed by atoms with Crippen LogP contribution in [0.3, 0.4) is 0 Å². The number of rotatable bonds is 8. The molecule has 3 aromatic carbocycles. The Balaban J connectivity index is 1.56. The Morgan fingerprint density at radius 1 is 1.06 bits per heavy atom. The molecule has 3 aromatic rings. The van der Waals surface area contributed by atoms with Gasteiger partial charge in [-0.2, -0.15) is 5.26 Å². The van der Waals surface area contributed by atoms with Gasteiger partial charge in [-0.1, -0.05) is 60.1 Å². The van der Waals surface area contributed by atoms with Gasteiger partial charge >= 0.3 is 0 Å². The molecule has 0 aliphatic rings. The zero-order valence-corrected chi connectivity index (χ0v) is 18.7. The number of nitrogens with zero attached hydrogens (tertiary/aromatic N) is 1. The molecule has 0 bridgehead atoms. The van der Waals surface area contributed by atoms with E-state index in [-0.39, 0.29) is 24.1 Å². The number of nitrogens with one attached hydrogen (secondary N) is 2. The monoisotopic (exact) mass is 459 g/mol. The van der Waals surface area contributed by atoms with Gasteiger partial charge in [0.05, 0.1) is 6.04 Å². The minimum atomic E-state index is -0.452. The molecule has 33 heavy (non-hydrogen) atoms. The molecule has 0 aromatic heterocycles. The van der Waals surface area contributed by atoms with E-state index in [0.29, 0.717) is 22.0 Å². The Bertz CT molecular complexity index is 1190. The number of halogens is 1. The Morgan fingerprint density at radius 2 is 1.79 bits per heavy atom. The van der Waals surface area contributed by atoms with E-state index in [2.05, 4.69) is 10.6 Å². The van der Waals surface area contributed by atoms with Crippen molar-refractivity contribution in [1.82, 2.24) is 5.32 Å². The highest BCUT2D eigenvalue weighted by Gasteiger charge is 2.13. The standard InChI is InChI=1S/C26H22ClN3O3/c1-18(20-6-3-2-4-7-20)29-26(32)21(16-28)14-19-10-12-24(13-11-19)33-17-25(31)30-23-9-5-8-22(27)15-23/h2-15,18H,17H2,1H3,(H,29,32)(H,30,31)/b21-14+/t18-/m0/s1. The van der Waals surface area contributed by atoms with E-state index in [1.165, 1.54) is 6.08 Å². The highest BCUT2D eigenvalue weighted by atomic mass is 35.5. The van der Waals surface area contributed by atoms with Crippen LogP contribution in [-0.2, 0) is 9.59 Å². The maximum atomic E-state index is 12.5. The van der Waals surface area contributed by atoms with E-state index >= 15 is 0 Å². The van der Waals surface area contributed by atoms with Crippen LogP contribution < -0.4 is 15.4 Å². The first kappa shape index (κ1) is 23.6. The Kier molecular flexibility index (Phi) is 8.23. The fourth-order valence-electron chi connectivity index (χ4n) is 2.99. The van der Waals surface area contributed by atoms with Crippen molar-refractivity contribution in [1.29, 1.82) is 5.26 Å². The van der Waals surface area contributed by atoms with E-state index < -0.39 is 5.91 Å². The summed E-state index contributed by atoms with van der Waals surface area (Å²) >= 11 is 5.90. The first-order valence-corrected chi connectivity index (χ1v) is 10.6. The van der Waals surface area contributed by atoms with Gasteiger partial charge in [-0.15, -0.1) is 0 Å². The van der Waals surface area contributed by atoms with Crippen molar-refractivity contribution >= 4 is 35.2 Å². The van der Waals surface area contributed by atoms with Gasteiger partial charge in [-0.25, -0.2) is 0 Å². The summed E-state index contributed by atoms with van der Waals surface area (Å²) in [6, 6.07) is 24.8. The first-order chi connectivity index (χ1) is 15.9. The summed E-state index contributed by atoms with van der Waals surface area (Å²) < 4.78 is 5.50. The molecule has 7 heteroatoms. The number of carbonyl (C=O) groups is 2. The third-order valence-electron chi connectivity index (χ3n) is 4.68. The lowest BCUT2D eigenvalue weighted by molar-refractivity contribution is -0.118. The second-order valence-electron chi connectivity index (χ2n) is 7.19. The quantitative estimate of drug-likeness (QED) is 0.360. The molecule has 0 spiro atoms. The van der Waals surface area contributed by atoms with E-state index in [1.54, 1.807) is 48.5 Å². The van der Waals surface area contributed by atoms with Crippen molar-refractivity contribution in [2.75, 3.05) is 11.9 Å². The van der Waals surface area contributed by atoms with Crippen molar-refractivity contribution < 1.29 is 14.3 Å². The van der Waals surface area contributed by atoms with Crippen LogP contribution in [0.4, 0.5) is 5.69 Å². The molecule has 0 aliphatic heterocycles. The highest BCUT2D eigenvalue weighted by Crippen LogP contribution is 2.17. The number of carbonyl (C=O) groups excluding carboxylic acids is 2. The van der Waals surface area contributed by atoms with Gasteiger partial charge in [0, 0.05) is 10.7 Å². The summed E-state index contributed by atoms with van der Waals surface area (Å²) in [6.07, 6.45) is 1.50. The van der Waals surface area contributed by atoms with Gasteiger partial charge in [0.25, 0.3) is 11.8 Å². The second-order valence-corrected chi connectivity index (χ2v) is 7.63. The summed E-state index contributed by atoms with van der Waals surface area (Å²) in [5, 5.41) is 15.5. The Morgan fingerprint density at radius 3 is 2.45 bits per heavy atom. The number of nitriles is 1. The molecule has 0 saturated carbocycles. The lowest BCUT2D eigenvalue weighted by atomic mass is 10.1. The molecule has 6 nitrogen and oxygen atoms in total. The summed E-state index contributed by atoms with van der Waals surface area (Å²) in [4.78, 5) is 24.5. The summed E-state index contributed by atoms with van der Waals surface area (Å²) in [7, 11) is 0. The fraction of sp³-hybridized carbons (Fsp3) is 0.115. The largest absolute Gasteiger partial charge is 0.484 e. The molecular weight excluding hydrogens is 438 g/mol. The average Bonchev–Trinajstić information content (AvgIpc) is 2.82. The Labute approximate surface area is 197 Å². The lowest BCUT2D eigenvalue weighted by Crippen LogP contribution is -2.27. The van der Waals surface area contributed by atoms with Crippen molar-refractivity contribution in [2.24, 2.45) is 0 Å². The van der Waals surface area contributed by atoms with Gasteiger partial charge in [0.15, 0.2) is 6.61 Å². The molecule has 0 fully saturated rings. The minimum Gasteiger partial charge on any atom is -0.484 e. The molecule has 3 rings (SSSR count). The van der Waals surface area contributed by atoms with E-state index in [9.17, 15) is 14.9 Å². The number of hydrogen-bond acceptors (Lipinski definition) is 4. The van der Waals surface area contributed by atoms with Crippen molar-refractivity contribution in [3.8, 4) is 11.8 Å². The second kappa shape index (κ2) is 11.5. The fourth-order valence-corrected chi connectivity index (χ4v) is 3.18. The van der Waals surface area contributed by atoms with Crippen LogP contribution in [0, 0.1) is 11.3 Å². The van der Waals surface area contributed by atoms with Crippen LogP contribution in [0.15, 0.2) is 84.4 Å². The molecule has 1 atom stereocenters. The molecular formula is C26H22ClN3O3. The lowest BCUT2D eigenvalue weighted by Gasteiger charge is -2.13. The van der Waals surface area contributed by atoms with E-state index in [0.717, 1.165) is 5.56 Å². The zero-order valence-electron chi connectivity index (χ0n) is 17.9. The molecule has 0 aliphatic carbocycles. The summed E-state index contributed by atoms with van der Waals surface area (Å²) in [5.74, 6) is -0.293. The molecule has 166 valence electrons. The molecule has 0 unspecified atom stereocenters. The van der Waals surface area contributed by atoms with Gasteiger partial charge < -0.3 is 15.4 Å². The van der Waals surface area contributed by atoms with Crippen LogP contribution >= 0.6 is 11.6 Å². The minimum absolute atomic E-state index is 0.00708. The van der Waals surface area contributed by atoms with Crippen LogP contribution in [-0.4, -0.2) is 18.4 Å². The maximum absolute atomic E-state index is 12.5. The predicted molar refractivity (Wildman–Crippen MR) is 129 cm³/mol. The third kappa shape index (κ3) is 7.23. The van der Waals surface area contributed by atoms with Crippen molar-refractivity contribution in [3.05, 3.63) is 101 Å². The van der Waals surface area contributed by atoms with Crippen molar-refractivity contribution in [2.45, 2.75) is 13.0 Å². The first-order valence-electron chi connectivity index (χ1n) is 10.2. The topological polar surface area (TPSA) is 91.2 Å². The molecule has 0 heterocycles. The number of amides is 2. The number of hydrogen-bond donors (Lipinski definition) is 2. The van der Waals surface area contributed by atoms with E-state index in [4.69, 9.17) is 16.3 Å². The predicted octanol–water partition coefficient (Wildman–Crippen LogP) is 5.14. The zero-order chi connectivity index (χ0) is 23.6. The smallest absolute Gasteiger partial charge is 0.262 e. The molecule has 0 radical (unpaired) electrons. The number of ether oxygens (including phenoxy) is 1. The van der Waals surface area contributed by atoms with Gasteiger partial charge in [0.1, 0.15) is 17.4 Å². The summed E-state index contributed by atoms with van der Waals surface area (Å²) in [6.45, 7) is 1.68. The normalized spacial score (nSPS) is 11.7. The van der Waals surface area contributed by atoms with E-state index in [1.807, 2.05) is 43.3 Å². The summed E-state index contributed by atoms with van der Waals surface area (Å²) in [5.41, 5.74) is 2.18. The Hall–Kier alpha value is -4.08. The molecule has 2 amide bonds. The highest BCUT2D eigenvalue weighted by molar-refractivity contribution is 6.30. The van der Waals surface area contributed by atoms with Crippen LogP contribution in [0.5, 0.6) is 5.75 Å².